The van der Waals surface area contributed by atoms with Crippen molar-refractivity contribution in [1.82, 2.24) is 0 Å². The second-order valence-corrected chi connectivity index (χ2v) is 56.7. The molecule has 0 aromatic heterocycles. The van der Waals surface area contributed by atoms with Crippen molar-refractivity contribution < 1.29 is 97.8 Å². The topological polar surface area (TPSA) is 376 Å². The van der Waals surface area contributed by atoms with E-state index in [1.807, 2.05) is 55.4 Å². The summed E-state index contributed by atoms with van der Waals surface area (Å²) in [7, 11) is 1.35. The summed E-state index contributed by atoms with van der Waals surface area (Å²) in [5.74, 6) is 10.1. The number of carboxylic acid groups (broad SMARTS) is 3. The highest BCUT2D eigenvalue weighted by Gasteiger charge is 2.65. The van der Waals surface area contributed by atoms with Crippen LogP contribution in [0.4, 0.5) is 0 Å². The molecule has 12 saturated carbocycles. The van der Waals surface area contributed by atoms with Gasteiger partial charge in [0.15, 0.2) is 0 Å². The molecule has 0 radical (unpaired) electrons. The predicted octanol–water partition coefficient (Wildman–Crippen LogP) is 26.0. The summed E-state index contributed by atoms with van der Waals surface area (Å²) >= 11 is 0. The maximum absolute atomic E-state index is 12.4. The highest BCUT2D eigenvalue weighted by atomic mass is 16.6. The molecular weight excluding hydrogens is 1860 g/mol. The third kappa shape index (κ3) is 27.5. The molecule has 0 aromatic rings. The summed E-state index contributed by atoms with van der Waals surface area (Å²) in [6.45, 7) is 45.6. The zero-order chi connectivity index (χ0) is 108. The zero-order valence-electron chi connectivity index (χ0n) is 96.0. The van der Waals surface area contributed by atoms with Crippen LogP contribution in [0.2, 0.25) is 0 Å². The number of nitrogens with two attached hydrogens (primary N) is 2. The van der Waals surface area contributed by atoms with E-state index in [0.29, 0.717) is 39.4 Å². The number of carbonyl (C=O) groups is 8. The molecule has 22 heteroatoms. The molecule has 16 rings (SSSR count). The molecule has 16 aliphatic rings. The molecule has 11 N–H and O–H groups in total. The van der Waals surface area contributed by atoms with Crippen LogP contribution in [0, 0.1) is 162 Å². The average Bonchev–Trinajstić information content (AvgIpc) is 1.48. The van der Waals surface area contributed by atoms with Gasteiger partial charge in [-0.3, -0.25) is 38.4 Å². The van der Waals surface area contributed by atoms with Gasteiger partial charge in [-0.25, -0.2) is 0 Å². The number of hydrogen-bond donors (Lipinski definition) is 9. The number of ether oxygens (including phenoxy) is 5. The van der Waals surface area contributed by atoms with Gasteiger partial charge in [0, 0.05) is 32.1 Å². The Morgan fingerprint density at radius 2 is 0.561 bits per heavy atom. The highest BCUT2D eigenvalue weighted by molar-refractivity contribution is 5.81. The van der Waals surface area contributed by atoms with Crippen molar-refractivity contribution in [3.8, 4) is 0 Å². The molecule has 0 saturated heterocycles. The van der Waals surface area contributed by atoms with Crippen LogP contribution in [0.25, 0.3) is 0 Å². The number of rotatable bonds is 37. The Labute approximate surface area is 892 Å². The lowest BCUT2D eigenvalue weighted by atomic mass is 9.47. The Balaban J connectivity index is 0.000000165. The lowest BCUT2D eigenvalue weighted by Crippen LogP contribution is -2.51. The highest BCUT2D eigenvalue weighted by Crippen LogP contribution is 2.74. The van der Waals surface area contributed by atoms with Crippen LogP contribution in [0.5, 0.6) is 0 Å². The number of methoxy groups -OCH3 is 1. The molecule has 0 bridgehead atoms. The summed E-state index contributed by atoms with van der Waals surface area (Å²) in [6.07, 6.45) is 59.4. The van der Waals surface area contributed by atoms with Gasteiger partial charge in [-0.15, -0.1) is 0 Å². The summed E-state index contributed by atoms with van der Waals surface area (Å²) in [5.41, 5.74) is 17.4. The fourth-order valence-corrected chi connectivity index (χ4v) is 37.2. The van der Waals surface area contributed by atoms with Crippen molar-refractivity contribution in [1.29, 1.82) is 0 Å². The third-order valence-electron chi connectivity index (χ3n) is 45.2. The van der Waals surface area contributed by atoms with E-state index in [-0.39, 0.29) is 115 Å². The van der Waals surface area contributed by atoms with Gasteiger partial charge in [-0.1, -0.05) is 181 Å². The molecule has 12 fully saturated rings. The van der Waals surface area contributed by atoms with E-state index in [2.05, 4.69) is 112 Å². The second-order valence-electron chi connectivity index (χ2n) is 56.7. The van der Waals surface area contributed by atoms with E-state index in [4.69, 9.17) is 45.7 Å². The van der Waals surface area contributed by atoms with E-state index in [1.165, 1.54) is 164 Å². The number of carboxylic acids is 3. The molecule has 34 atom stereocenters. The molecule has 0 amide bonds. The van der Waals surface area contributed by atoms with Gasteiger partial charge in [0.05, 0.1) is 61.6 Å². The van der Waals surface area contributed by atoms with Gasteiger partial charge in [-0.05, 0) is 429 Å². The number of allylic oxidation sites excluding steroid dienone is 4. The SMILES string of the molecule is COC(=O)CCC(=O)O[C@H]1CC[C@@]2(C)C(=CC[C@H]3[C@@H]4CC[C@H]([C@H](C)CCCC(C)(C)O)[C@@]4(C)CC[C@@H]32)C1.C[C@H](CCCC(C)(C)O)[C@H]1CC[C@H]2[C@@H]3CC=C4C[C@@H](OC(=O)CCC(=O)O)CC[C@]4(C)[C@H]3CC[C@]12C.C[C@H](CCCC(C)(C)O)[C@H]1CC[C@H]2[C@@H]3CC=C4C[C@@H](OC(=O)CC[C@H](N)C(=O)O)CC[C@]4(C)[C@H]3CC[C@]12C.C[C@H](CCCC(C)(C)O)[C@H]1CC[C@H]2[C@@H]3CC=C4C[C@@H](OC(=O)C[C@H](N)C(=O)O)CC[C@]4(C)[C@H]3CC[C@]12C. The first-order valence-electron chi connectivity index (χ1n) is 59.9. The van der Waals surface area contributed by atoms with Crippen molar-refractivity contribution in [3.05, 3.63) is 46.6 Å². The van der Waals surface area contributed by atoms with Gasteiger partial charge in [0.1, 0.15) is 36.5 Å². The van der Waals surface area contributed by atoms with E-state index in [1.54, 1.807) is 0 Å². The lowest BCUT2D eigenvalue weighted by molar-refractivity contribution is -0.155. The quantitative estimate of drug-likeness (QED) is 0.0158. The Bertz CT molecular complexity index is 4670. The first-order valence-corrected chi connectivity index (χ1v) is 59.9. The van der Waals surface area contributed by atoms with Crippen LogP contribution >= 0.6 is 0 Å². The van der Waals surface area contributed by atoms with E-state index >= 15 is 0 Å². The lowest BCUT2D eigenvalue weighted by Gasteiger charge is -2.58. The molecule has 16 aliphatic carbocycles. The number of fused-ring (bicyclic) bond motifs is 20. The molecule has 0 aromatic carbocycles. The van der Waals surface area contributed by atoms with Gasteiger partial charge >= 0.3 is 47.8 Å². The summed E-state index contributed by atoms with van der Waals surface area (Å²) in [4.78, 5) is 93.1. The van der Waals surface area contributed by atoms with Crippen molar-refractivity contribution in [3.63, 3.8) is 0 Å². The molecule has 0 unspecified atom stereocenters. The molecule has 0 spiro atoms. The molecule has 840 valence electrons. The smallest absolute Gasteiger partial charge is 0.321 e. The van der Waals surface area contributed by atoms with Crippen molar-refractivity contribution in [2.24, 2.45) is 173 Å². The number of esters is 5. The maximum Gasteiger partial charge on any atom is 0.321 e. The summed E-state index contributed by atoms with van der Waals surface area (Å²) < 4.78 is 27.6. The van der Waals surface area contributed by atoms with Crippen LogP contribution in [-0.4, -0.2) is 150 Å². The van der Waals surface area contributed by atoms with E-state index < -0.39 is 58.4 Å². The van der Waals surface area contributed by atoms with E-state index in [0.717, 1.165) is 248 Å². The minimum absolute atomic E-state index is 0.0372. The first-order chi connectivity index (χ1) is 69.2. The van der Waals surface area contributed by atoms with Gasteiger partial charge in [0.2, 0.25) is 0 Å². The fraction of sp³-hybridized carbons (Fsp3) is 0.873. The Morgan fingerprint density at radius 3 is 0.804 bits per heavy atom. The zero-order valence-corrected chi connectivity index (χ0v) is 96.0. The molecule has 0 heterocycles. The van der Waals surface area contributed by atoms with Crippen LogP contribution in [0.15, 0.2) is 46.6 Å². The molecule has 148 heavy (non-hydrogen) atoms. The number of hydrogen-bond acceptors (Lipinski definition) is 19. The number of aliphatic carboxylic acids is 3. The van der Waals surface area contributed by atoms with Crippen LogP contribution < -0.4 is 11.5 Å². The van der Waals surface area contributed by atoms with Gasteiger partial charge in [-0.2, -0.15) is 0 Å². The number of carbonyl (C=O) groups excluding carboxylic acids is 5. The fourth-order valence-electron chi connectivity index (χ4n) is 37.2. The minimum Gasteiger partial charge on any atom is -0.481 e. The first kappa shape index (κ1) is 120. The standard InChI is InChI=1S/C32H53NO5.C32H52O5.C31H51NO5.C31H50O5/c1-20(7-6-16-30(2,3)37)24-10-11-25-23-9-8-21-19-22(38-28(34)13-12-27(33)29(35)36)14-17-31(21,4)26(23)15-18-32(24,25)5;1-21(8-7-17-30(2,3)35)25-11-12-26-24-10-9-22-20-23(37-29(34)14-13-28(33)36-6)15-18-31(22,4)27(24)16-19-32(25,26)5;1-19(7-6-14-29(2,3)36)23-10-11-24-22-9-8-20-17-21(37-27(33)18-26(32)28(34)35)12-15-30(20,4)25(22)13-16-31(23,24)5;1-20(7-6-16-29(2,3)35)24-10-11-25-23-9-8-21-19-22(36-28(34)13-12-27(32)33)14-17-30(21,4)26(23)15-18-31(24,25)5/h8,20,22-27,37H,6-7,9-19,33H2,1-5H3,(H,35,36);9,21,23-27,35H,7-8,10-20H2,1-6H3;8,19,21-26,36H,6-7,9-18,32H2,1-5H3,(H,34,35);8,20,22-26,35H,6-7,9-19H2,1-5H3,(H,32,33)/t20-,22+,23+,24-,25+,26+,27+,31+,32-;21-,23+,24+,25-,26+,27+,31+,32-;19-,21+,22+,23-,24+,25+,26+,30+,31-;20-,22+,23+,24-,25+,26+,30+,31-/m1111/s1. The van der Waals surface area contributed by atoms with Crippen LogP contribution in [-0.2, 0) is 62.0 Å². The Kier molecular flexibility index (Phi) is 39.0. The molecule has 22 nitrogen and oxygen atoms in total. The predicted molar refractivity (Wildman–Crippen MR) is 581 cm³/mol. The van der Waals surface area contributed by atoms with E-state index in [9.17, 15) is 58.8 Å². The maximum atomic E-state index is 12.4. The Hall–Kier alpha value is -5.52. The van der Waals surface area contributed by atoms with Crippen LogP contribution in [0.1, 0.15) is 466 Å². The van der Waals surface area contributed by atoms with Crippen LogP contribution in [0.3, 0.4) is 0 Å². The third-order valence-corrected chi connectivity index (χ3v) is 45.2. The second kappa shape index (κ2) is 48.3. The molecule has 0 aliphatic heterocycles. The minimum atomic E-state index is -1.20. The largest absolute Gasteiger partial charge is 0.481 e. The summed E-state index contributed by atoms with van der Waals surface area (Å²) in [6, 6.07) is -2.22. The molecular formula is C126H206N2O20. The summed E-state index contributed by atoms with van der Waals surface area (Å²) in [5, 5.41) is 67.3. The van der Waals surface area contributed by atoms with Crippen molar-refractivity contribution in [2.75, 3.05) is 7.11 Å². The van der Waals surface area contributed by atoms with Crippen molar-refractivity contribution in [2.45, 2.75) is 525 Å². The normalized spacial score (nSPS) is 38.5. The average molecular weight is 2070 g/mol. The Morgan fingerprint density at radius 1 is 0.318 bits per heavy atom. The van der Waals surface area contributed by atoms with Gasteiger partial charge < -0.3 is 70.9 Å². The number of aliphatic hydroxyl groups is 4. The van der Waals surface area contributed by atoms with Crippen molar-refractivity contribution >= 4 is 47.8 Å². The van der Waals surface area contributed by atoms with Gasteiger partial charge in [0.25, 0.3) is 0 Å². The monoisotopic (exact) mass is 2070 g/mol.